The highest BCUT2D eigenvalue weighted by Gasteiger charge is 2.21. The standard InChI is InChI=1S/C93H78N4/c1-91(2,3)73-46-34-64(35-47-73)61-22-28-67(29-23-61)82-58-88(94-85-19-13-10-16-79(82)85)70-40-52-76(53-41-70)97(77-54-42-71(43-55-77)89-59-83(80-17-11-14-20-86(80)95-89)68-30-24-62(25-31-68)65-36-48-74(49-37-65)92(4,5)6)78-56-44-72(45-57-78)90-60-84(81-18-12-15-21-87(81)96-90)69-32-26-63(27-33-69)66-38-50-75(51-39-66)93(7,8)9/h10-60H,1-9H3. The molecule has 0 spiro atoms. The largest absolute Gasteiger partial charge is 0.311 e. The van der Waals surface area contributed by atoms with Crippen molar-refractivity contribution in [2.75, 3.05) is 4.90 Å². The number of hydrogen-bond donors (Lipinski definition) is 0. The molecule has 470 valence electrons. The first kappa shape index (κ1) is 61.8. The van der Waals surface area contributed by atoms with Crippen LogP contribution < -0.4 is 4.90 Å². The summed E-state index contributed by atoms with van der Waals surface area (Å²) in [4.78, 5) is 18.3. The Labute approximate surface area is 571 Å². The van der Waals surface area contributed by atoms with Gasteiger partial charge in [-0.25, -0.2) is 15.0 Å². The Kier molecular flexibility index (Phi) is 16.0. The lowest BCUT2D eigenvalue weighted by molar-refractivity contribution is 0.590. The molecule has 0 bridgehead atoms. The van der Waals surface area contributed by atoms with Crippen LogP contribution in [0.2, 0.25) is 0 Å². The van der Waals surface area contributed by atoms with Gasteiger partial charge in [-0.05, 0) is 172 Å². The van der Waals surface area contributed by atoms with Crippen LogP contribution in [0.3, 0.4) is 0 Å². The van der Waals surface area contributed by atoms with Gasteiger partial charge in [0.25, 0.3) is 0 Å². The van der Waals surface area contributed by atoms with E-state index in [4.69, 9.17) is 15.0 Å². The van der Waals surface area contributed by atoms with Crippen LogP contribution in [0.5, 0.6) is 0 Å². The van der Waals surface area contributed by atoms with Crippen molar-refractivity contribution in [2.45, 2.75) is 78.6 Å². The number of pyridine rings is 3. The van der Waals surface area contributed by atoms with Crippen LogP contribution in [0.1, 0.15) is 79.0 Å². The second-order valence-corrected chi connectivity index (χ2v) is 28.9. The zero-order chi connectivity index (χ0) is 66.6. The average Bonchev–Trinajstić information content (AvgIpc) is 0.799. The Morgan fingerprint density at radius 1 is 0.206 bits per heavy atom. The Morgan fingerprint density at radius 2 is 0.402 bits per heavy atom. The molecule has 12 aromatic carbocycles. The molecule has 0 aliphatic heterocycles. The van der Waals surface area contributed by atoms with E-state index < -0.39 is 0 Å². The van der Waals surface area contributed by atoms with Crippen molar-refractivity contribution >= 4 is 49.8 Å². The lowest BCUT2D eigenvalue weighted by atomic mass is 9.86. The number of aromatic nitrogens is 3. The molecule has 97 heavy (non-hydrogen) atoms. The van der Waals surface area contributed by atoms with Gasteiger partial charge in [0.05, 0.1) is 33.6 Å². The maximum Gasteiger partial charge on any atom is 0.0715 e. The van der Waals surface area contributed by atoms with Gasteiger partial charge in [0.15, 0.2) is 0 Å². The minimum absolute atomic E-state index is 0.0989. The van der Waals surface area contributed by atoms with Crippen molar-refractivity contribution in [3.8, 4) is 101 Å². The molecular formula is C93H78N4. The molecule has 15 rings (SSSR count). The summed E-state index contributed by atoms with van der Waals surface area (Å²) in [7, 11) is 0. The summed E-state index contributed by atoms with van der Waals surface area (Å²) in [6.07, 6.45) is 0. The van der Waals surface area contributed by atoms with Crippen LogP contribution in [0.25, 0.3) is 133 Å². The van der Waals surface area contributed by atoms with Crippen molar-refractivity contribution in [3.63, 3.8) is 0 Å². The summed E-state index contributed by atoms with van der Waals surface area (Å²) in [5.74, 6) is 0. The van der Waals surface area contributed by atoms with E-state index in [-0.39, 0.29) is 16.2 Å². The van der Waals surface area contributed by atoms with Crippen LogP contribution in [0.15, 0.2) is 309 Å². The van der Waals surface area contributed by atoms with Gasteiger partial charge in [0.2, 0.25) is 0 Å². The lowest BCUT2D eigenvalue weighted by Crippen LogP contribution is -2.10. The van der Waals surface area contributed by atoms with Crippen molar-refractivity contribution < 1.29 is 0 Å². The number of anilines is 3. The Balaban J connectivity index is 0.778. The second-order valence-electron chi connectivity index (χ2n) is 28.9. The van der Waals surface area contributed by atoms with Gasteiger partial charge in [-0.2, -0.15) is 0 Å². The van der Waals surface area contributed by atoms with Crippen LogP contribution >= 0.6 is 0 Å². The van der Waals surface area contributed by atoms with E-state index in [1.165, 1.54) is 50.1 Å². The maximum atomic E-state index is 5.31. The van der Waals surface area contributed by atoms with Gasteiger partial charge in [-0.3, -0.25) is 0 Å². The summed E-state index contributed by atoms with van der Waals surface area (Å²) in [6, 6.07) is 113. The predicted octanol–water partition coefficient (Wildman–Crippen LogP) is 25.7. The van der Waals surface area contributed by atoms with Gasteiger partial charge in [0.1, 0.15) is 0 Å². The molecule has 0 N–H and O–H groups in total. The highest BCUT2D eigenvalue weighted by Crippen LogP contribution is 2.42. The van der Waals surface area contributed by atoms with E-state index in [0.717, 1.165) is 117 Å². The van der Waals surface area contributed by atoms with Crippen molar-refractivity contribution in [1.82, 2.24) is 15.0 Å². The Hall–Kier alpha value is -11.3. The van der Waals surface area contributed by atoms with Gasteiger partial charge in [-0.1, -0.05) is 299 Å². The van der Waals surface area contributed by atoms with Crippen molar-refractivity contribution in [3.05, 3.63) is 326 Å². The topological polar surface area (TPSA) is 41.9 Å². The van der Waals surface area contributed by atoms with E-state index in [0.29, 0.717) is 0 Å². The highest BCUT2D eigenvalue weighted by molar-refractivity contribution is 6.00. The molecule has 0 saturated heterocycles. The molecule has 0 atom stereocenters. The number of rotatable bonds is 12. The Bertz CT molecular complexity index is 4800. The first-order chi connectivity index (χ1) is 46.9. The van der Waals surface area contributed by atoms with Crippen LogP contribution in [-0.2, 0) is 16.2 Å². The zero-order valence-electron chi connectivity index (χ0n) is 56.7. The zero-order valence-corrected chi connectivity index (χ0v) is 56.7. The first-order valence-corrected chi connectivity index (χ1v) is 33.9. The number of nitrogens with zero attached hydrogens (tertiary/aromatic N) is 4. The van der Waals surface area contributed by atoms with E-state index in [2.05, 4.69) is 377 Å². The number of benzene rings is 12. The molecular weight excluding hydrogens is 1170 g/mol. The van der Waals surface area contributed by atoms with Gasteiger partial charge in [0, 0.05) is 49.9 Å². The van der Waals surface area contributed by atoms with E-state index in [1.807, 2.05) is 0 Å². The predicted molar refractivity (Wildman–Crippen MR) is 412 cm³/mol. The van der Waals surface area contributed by atoms with Crippen molar-refractivity contribution in [2.24, 2.45) is 0 Å². The molecule has 0 amide bonds. The molecule has 0 radical (unpaired) electrons. The van der Waals surface area contributed by atoms with Gasteiger partial charge >= 0.3 is 0 Å². The minimum atomic E-state index is 0.0989. The van der Waals surface area contributed by atoms with Crippen LogP contribution in [0.4, 0.5) is 17.1 Å². The fourth-order valence-electron chi connectivity index (χ4n) is 13.5. The summed E-state index contributed by atoms with van der Waals surface area (Å²) < 4.78 is 0. The summed E-state index contributed by atoms with van der Waals surface area (Å²) >= 11 is 0. The molecule has 0 aliphatic rings. The third-order valence-electron chi connectivity index (χ3n) is 19.3. The minimum Gasteiger partial charge on any atom is -0.311 e. The molecule has 4 heteroatoms. The molecule has 15 aromatic rings. The lowest BCUT2D eigenvalue weighted by Gasteiger charge is -2.26. The van der Waals surface area contributed by atoms with Gasteiger partial charge < -0.3 is 4.90 Å². The summed E-state index contributed by atoms with van der Waals surface area (Å²) in [5, 5.41) is 3.36. The van der Waals surface area contributed by atoms with Crippen molar-refractivity contribution in [1.29, 1.82) is 0 Å². The molecule has 4 nitrogen and oxygen atoms in total. The number of para-hydroxylation sites is 3. The van der Waals surface area contributed by atoms with Crippen LogP contribution in [-0.4, -0.2) is 15.0 Å². The first-order valence-electron chi connectivity index (χ1n) is 33.9. The molecule has 0 aliphatic carbocycles. The number of fused-ring (bicyclic) bond motifs is 3. The molecule has 0 fully saturated rings. The molecule has 3 heterocycles. The van der Waals surface area contributed by atoms with E-state index >= 15 is 0 Å². The highest BCUT2D eigenvalue weighted by atomic mass is 15.1. The fourth-order valence-corrected chi connectivity index (χ4v) is 13.5. The summed E-state index contributed by atoms with van der Waals surface area (Å²) in [6.45, 7) is 20.3. The number of hydrogen-bond acceptors (Lipinski definition) is 4. The molecule has 0 saturated carbocycles. The second kappa shape index (κ2) is 25.1. The monoisotopic (exact) mass is 1250 g/mol. The van der Waals surface area contributed by atoms with Crippen LogP contribution in [0, 0.1) is 0 Å². The normalized spacial score (nSPS) is 12.0. The quantitative estimate of drug-likeness (QED) is 0.122. The molecule has 3 aromatic heterocycles. The smallest absolute Gasteiger partial charge is 0.0715 e. The summed E-state index contributed by atoms with van der Waals surface area (Å²) in [5.41, 5.74) is 30.1. The third kappa shape index (κ3) is 12.7. The third-order valence-corrected chi connectivity index (χ3v) is 19.3. The van der Waals surface area contributed by atoms with E-state index in [1.54, 1.807) is 0 Å². The fraction of sp³-hybridized carbons (Fsp3) is 0.129. The SMILES string of the molecule is CC(C)(C)c1ccc(-c2ccc(-c3cc(-c4ccc(N(c5ccc(-c6cc(-c7ccc(-c8ccc(C(C)(C)C)cc8)cc7)c7ccccc7n6)cc5)c5ccc(-c6cc(-c7ccc(-c8ccc(C(C)(C)C)cc8)cc7)c7ccccc7n6)cc5)cc4)nc4ccccc34)cc2)cc1. The maximum absolute atomic E-state index is 5.31. The Morgan fingerprint density at radius 3 is 0.629 bits per heavy atom. The molecule has 0 unspecified atom stereocenters. The van der Waals surface area contributed by atoms with E-state index in [9.17, 15) is 0 Å². The average molecular weight is 1250 g/mol. The van der Waals surface area contributed by atoms with Gasteiger partial charge in [-0.15, -0.1) is 0 Å².